The van der Waals surface area contributed by atoms with Gasteiger partial charge >= 0.3 is 0 Å². The van der Waals surface area contributed by atoms with Gasteiger partial charge in [0.15, 0.2) is 0 Å². The first-order chi connectivity index (χ1) is 22.3. The highest BCUT2D eigenvalue weighted by molar-refractivity contribution is 6.10. The van der Waals surface area contributed by atoms with E-state index in [1.54, 1.807) is 0 Å². The smallest absolute Gasteiger partial charge is 0.135 e. The maximum Gasteiger partial charge on any atom is 0.135 e. The highest BCUT2D eigenvalue weighted by Gasteiger charge is 2.51. The molecule has 0 atom stereocenters. The normalized spacial score (nSPS) is 14.3. The minimum absolute atomic E-state index is 0.363. The molecule has 0 aliphatic heterocycles. The van der Waals surface area contributed by atoms with Crippen LogP contribution in [0.5, 0.6) is 0 Å². The molecule has 0 saturated heterocycles. The molecule has 0 N–H and O–H groups in total. The summed E-state index contributed by atoms with van der Waals surface area (Å²) in [7, 11) is 0. The fourth-order valence-electron chi connectivity index (χ4n) is 8.84. The Hall–Kier alpha value is -5.66. The van der Waals surface area contributed by atoms with E-state index in [2.05, 4.69) is 146 Å². The molecule has 11 rings (SSSR count). The Balaban J connectivity index is 1.15. The maximum atomic E-state index is 6.67. The first kappa shape index (κ1) is 23.8. The monoisotopic (exact) mass is 570 g/mol. The Kier molecular flexibility index (Phi) is 4.37. The van der Waals surface area contributed by atoms with Crippen LogP contribution in [0.1, 0.15) is 33.4 Å². The summed E-state index contributed by atoms with van der Waals surface area (Å²) in [6, 6.07) is 54.1. The quantitative estimate of drug-likeness (QED) is 0.191. The molecule has 7 aromatic carbocycles. The van der Waals surface area contributed by atoms with Crippen molar-refractivity contribution in [1.29, 1.82) is 0 Å². The predicted molar refractivity (Wildman–Crippen MR) is 184 cm³/mol. The molecule has 3 aliphatic carbocycles. The Morgan fingerprint density at radius 3 is 1.67 bits per heavy atom. The van der Waals surface area contributed by atoms with E-state index in [1.807, 2.05) is 0 Å². The lowest BCUT2D eigenvalue weighted by atomic mass is 9.70. The summed E-state index contributed by atoms with van der Waals surface area (Å²) in [4.78, 5) is 0. The van der Waals surface area contributed by atoms with E-state index in [1.165, 1.54) is 83.3 Å². The molecule has 0 bridgehead atoms. The molecule has 0 radical (unpaired) electrons. The number of benzene rings is 7. The minimum atomic E-state index is -0.363. The van der Waals surface area contributed by atoms with Gasteiger partial charge in [0.2, 0.25) is 0 Å². The molecule has 0 fully saturated rings. The van der Waals surface area contributed by atoms with Crippen LogP contribution in [0.2, 0.25) is 0 Å². The van der Waals surface area contributed by atoms with Crippen molar-refractivity contribution in [2.75, 3.05) is 0 Å². The van der Waals surface area contributed by atoms with Gasteiger partial charge < -0.3 is 4.42 Å². The molecule has 1 heterocycles. The lowest BCUT2D eigenvalue weighted by Crippen LogP contribution is -2.25. The fraction of sp³-hybridized carbons (Fsp3) is 0.0455. The molecule has 1 spiro atoms. The van der Waals surface area contributed by atoms with E-state index in [0.717, 1.165) is 23.0 Å². The number of rotatable bonds is 1. The molecule has 1 nitrogen and oxygen atoms in total. The summed E-state index contributed by atoms with van der Waals surface area (Å²) >= 11 is 0. The molecule has 45 heavy (non-hydrogen) atoms. The van der Waals surface area contributed by atoms with Crippen LogP contribution in [0.4, 0.5) is 0 Å². The Labute approximate surface area is 261 Å². The molecule has 1 aromatic heterocycles. The second-order valence-electron chi connectivity index (χ2n) is 12.8. The third-order valence-electron chi connectivity index (χ3n) is 10.7. The van der Waals surface area contributed by atoms with Crippen LogP contribution >= 0.6 is 0 Å². The minimum Gasteiger partial charge on any atom is -0.456 e. The van der Waals surface area contributed by atoms with Gasteiger partial charge in [-0.05, 0) is 115 Å². The van der Waals surface area contributed by atoms with Crippen LogP contribution < -0.4 is 0 Å². The average molecular weight is 571 g/mol. The van der Waals surface area contributed by atoms with Gasteiger partial charge in [-0.3, -0.25) is 0 Å². The zero-order valence-electron chi connectivity index (χ0n) is 24.5. The van der Waals surface area contributed by atoms with Crippen LogP contribution in [-0.4, -0.2) is 0 Å². The largest absolute Gasteiger partial charge is 0.456 e. The SMILES string of the molecule is c1ccc2c(c1)Cc1ccc(-c3ccc4oc5cc6c(cc5c4c3)-c3ccccc3C63c4ccccc4-c4ccccc43)cc1-2. The molecular formula is C44H26O. The van der Waals surface area contributed by atoms with Crippen LogP contribution in [0, 0.1) is 0 Å². The summed E-state index contributed by atoms with van der Waals surface area (Å²) in [5.74, 6) is 0. The lowest BCUT2D eigenvalue weighted by Gasteiger charge is -2.30. The molecule has 0 saturated carbocycles. The summed E-state index contributed by atoms with van der Waals surface area (Å²) < 4.78 is 6.67. The van der Waals surface area contributed by atoms with Crippen molar-refractivity contribution in [1.82, 2.24) is 0 Å². The molecule has 1 heteroatoms. The highest BCUT2D eigenvalue weighted by Crippen LogP contribution is 2.63. The first-order valence-corrected chi connectivity index (χ1v) is 15.8. The molecule has 0 unspecified atom stereocenters. The lowest BCUT2D eigenvalue weighted by molar-refractivity contribution is 0.666. The van der Waals surface area contributed by atoms with Crippen LogP contribution in [-0.2, 0) is 11.8 Å². The molecule has 0 amide bonds. The van der Waals surface area contributed by atoms with E-state index in [4.69, 9.17) is 4.42 Å². The molecule has 3 aliphatic rings. The van der Waals surface area contributed by atoms with Gasteiger partial charge in [0.05, 0.1) is 5.41 Å². The fourth-order valence-corrected chi connectivity index (χ4v) is 8.84. The summed E-state index contributed by atoms with van der Waals surface area (Å²) in [5.41, 5.74) is 20.1. The van der Waals surface area contributed by atoms with Crippen LogP contribution in [0.25, 0.3) is 66.4 Å². The van der Waals surface area contributed by atoms with Gasteiger partial charge in [0.25, 0.3) is 0 Å². The summed E-state index contributed by atoms with van der Waals surface area (Å²) in [6.45, 7) is 0. The maximum absolute atomic E-state index is 6.67. The van der Waals surface area contributed by atoms with Crippen LogP contribution in [0.3, 0.4) is 0 Å². The van der Waals surface area contributed by atoms with E-state index in [-0.39, 0.29) is 5.41 Å². The first-order valence-electron chi connectivity index (χ1n) is 15.8. The molecule has 208 valence electrons. The number of hydrogen-bond acceptors (Lipinski definition) is 1. The zero-order chi connectivity index (χ0) is 29.3. The van der Waals surface area contributed by atoms with Crippen molar-refractivity contribution in [3.63, 3.8) is 0 Å². The topological polar surface area (TPSA) is 13.1 Å². The number of furan rings is 1. The van der Waals surface area contributed by atoms with Crippen molar-refractivity contribution in [3.05, 3.63) is 179 Å². The standard InChI is InChI=1S/C44H26O/c1-2-10-30-28(9-1)21-29-18-17-26(22-34(29)30)27-19-20-42-36(23-27)37-24-35-33-13-5-8-16-40(33)44(41(35)25-43(37)45-42)38-14-6-3-11-31(38)32-12-4-7-15-39(32)44/h1-20,22-25H,21H2. The van der Waals surface area contributed by atoms with Gasteiger partial charge in [-0.2, -0.15) is 0 Å². The van der Waals surface area contributed by atoms with Crippen LogP contribution in [0.15, 0.2) is 150 Å². The predicted octanol–water partition coefficient (Wildman–Crippen LogP) is 11.2. The van der Waals surface area contributed by atoms with Gasteiger partial charge in [-0.1, -0.05) is 115 Å². The third-order valence-corrected chi connectivity index (χ3v) is 10.7. The number of hydrogen-bond donors (Lipinski definition) is 0. The third kappa shape index (κ3) is 2.89. The molecular weight excluding hydrogens is 544 g/mol. The van der Waals surface area contributed by atoms with E-state index in [9.17, 15) is 0 Å². The summed E-state index contributed by atoms with van der Waals surface area (Å²) in [5, 5.41) is 2.33. The van der Waals surface area contributed by atoms with E-state index in [0.29, 0.717) is 0 Å². The molecule has 8 aromatic rings. The van der Waals surface area contributed by atoms with Crippen molar-refractivity contribution in [2.24, 2.45) is 0 Å². The van der Waals surface area contributed by atoms with Gasteiger partial charge in [-0.25, -0.2) is 0 Å². The van der Waals surface area contributed by atoms with E-state index >= 15 is 0 Å². The number of fused-ring (bicyclic) bond motifs is 16. The Morgan fingerprint density at radius 1 is 0.378 bits per heavy atom. The van der Waals surface area contributed by atoms with Crippen molar-refractivity contribution >= 4 is 21.9 Å². The average Bonchev–Trinajstić information content (AvgIpc) is 3.81. The Bertz CT molecular complexity index is 2530. The van der Waals surface area contributed by atoms with Gasteiger partial charge in [0, 0.05) is 10.8 Å². The van der Waals surface area contributed by atoms with Gasteiger partial charge in [0.1, 0.15) is 11.2 Å². The van der Waals surface area contributed by atoms with E-state index < -0.39 is 0 Å². The van der Waals surface area contributed by atoms with Crippen molar-refractivity contribution in [3.8, 4) is 44.5 Å². The van der Waals surface area contributed by atoms with Crippen molar-refractivity contribution < 1.29 is 4.42 Å². The van der Waals surface area contributed by atoms with Gasteiger partial charge in [-0.15, -0.1) is 0 Å². The summed E-state index contributed by atoms with van der Waals surface area (Å²) in [6.07, 6.45) is 1.01. The highest BCUT2D eigenvalue weighted by atomic mass is 16.3. The van der Waals surface area contributed by atoms with Crippen molar-refractivity contribution in [2.45, 2.75) is 11.8 Å². The second kappa shape index (κ2) is 8.28. The second-order valence-corrected chi connectivity index (χ2v) is 12.8. The zero-order valence-corrected chi connectivity index (χ0v) is 24.5. The Morgan fingerprint density at radius 2 is 0.933 bits per heavy atom.